The summed E-state index contributed by atoms with van der Waals surface area (Å²) in [6.45, 7) is -0.565. The van der Waals surface area contributed by atoms with E-state index in [1.165, 1.54) is 18.2 Å². The third-order valence-electron chi connectivity index (χ3n) is 4.52. The monoisotopic (exact) mass is 659 g/mol. The Hall–Kier alpha value is -1.47. The van der Waals surface area contributed by atoms with Crippen LogP contribution in [0.25, 0.3) is 6.08 Å². The lowest BCUT2D eigenvalue weighted by Crippen LogP contribution is -2.33. The smallest absolute Gasteiger partial charge is 0.351 e. The van der Waals surface area contributed by atoms with E-state index in [0.29, 0.717) is 0 Å². The van der Waals surface area contributed by atoms with Gasteiger partial charge in [0.15, 0.2) is 9.84 Å². The van der Waals surface area contributed by atoms with Crippen LogP contribution in [-0.4, -0.2) is 44.7 Å². The fraction of sp³-hybridized carbons (Fsp3) is 0.286. The van der Waals surface area contributed by atoms with Crippen molar-refractivity contribution in [3.63, 3.8) is 0 Å². The summed E-state index contributed by atoms with van der Waals surface area (Å²) >= 11 is 20.6. The fourth-order valence-electron chi connectivity index (χ4n) is 2.93. The van der Waals surface area contributed by atoms with E-state index < -0.39 is 52.1 Å². The van der Waals surface area contributed by atoms with Crippen molar-refractivity contribution < 1.29 is 39.6 Å². The average Bonchev–Trinajstić information content (AvgIpc) is 2.69. The van der Waals surface area contributed by atoms with Gasteiger partial charge in [-0.1, -0.05) is 53.0 Å². The van der Waals surface area contributed by atoms with Gasteiger partial charge < -0.3 is 5.32 Å². The van der Waals surface area contributed by atoms with Crippen LogP contribution in [0.3, 0.4) is 0 Å². The molecule has 0 spiro atoms. The third-order valence-corrected chi connectivity index (χ3v) is 7.97. The molecular formula is C21H15BrCl3F6NO3S. The van der Waals surface area contributed by atoms with Crippen molar-refractivity contribution in [2.75, 3.05) is 18.1 Å². The van der Waals surface area contributed by atoms with E-state index >= 15 is 0 Å². The topological polar surface area (TPSA) is 63.2 Å². The number of carbonyl (C=O) groups is 1. The Morgan fingerprint density at radius 1 is 1.03 bits per heavy atom. The van der Waals surface area contributed by atoms with Crippen LogP contribution in [-0.2, 0) is 9.84 Å². The number of amides is 1. The number of hydrogen-bond donors (Lipinski definition) is 1. The maximum Gasteiger partial charge on any atom is 0.402 e. The lowest BCUT2D eigenvalue weighted by molar-refractivity contribution is -0.139. The van der Waals surface area contributed by atoms with E-state index in [-0.39, 0.29) is 36.2 Å². The second-order valence-electron chi connectivity index (χ2n) is 7.38. The van der Waals surface area contributed by atoms with Crippen LogP contribution in [0, 0.1) is 0 Å². The molecular weight excluding hydrogens is 647 g/mol. The normalized spacial score (nSPS) is 13.7. The predicted octanol–water partition coefficient (Wildman–Crippen LogP) is 7.48. The maximum absolute atomic E-state index is 13.7. The number of benzene rings is 2. The van der Waals surface area contributed by atoms with Gasteiger partial charge in [-0.2, -0.15) is 26.3 Å². The van der Waals surface area contributed by atoms with E-state index in [2.05, 4.69) is 21.2 Å². The predicted molar refractivity (Wildman–Crippen MR) is 130 cm³/mol. The number of rotatable bonds is 8. The van der Waals surface area contributed by atoms with Crippen molar-refractivity contribution in [2.24, 2.45) is 0 Å². The van der Waals surface area contributed by atoms with Gasteiger partial charge in [-0.25, -0.2) is 8.42 Å². The fourth-order valence-corrected chi connectivity index (χ4v) is 5.17. The lowest BCUT2D eigenvalue weighted by atomic mass is 9.97. The van der Waals surface area contributed by atoms with Gasteiger partial charge >= 0.3 is 12.4 Å². The molecule has 15 heteroatoms. The van der Waals surface area contributed by atoms with Gasteiger partial charge in [-0.15, -0.1) is 0 Å². The highest BCUT2D eigenvalue weighted by Gasteiger charge is 2.39. The summed E-state index contributed by atoms with van der Waals surface area (Å²) in [7, 11) is -4.47. The Morgan fingerprint density at radius 2 is 1.61 bits per heavy atom. The summed E-state index contributed by atoms with van der Waals surface area (Å²) < 4.78 is 101. The van der Waals surface area contributed by atoms with Gasteiger partial charge in [0, 0.05) is 11.0 Å². The largest absolute Gasteiger partial charge is 0.402 e. The molecule has 2 aromatic carbocycles. The van der Waals surface area contributed by atoms with Crippen molar-refractivity contribution in [3.8, 4) is 0 Å². The molecule has 0 aliphatic rings. The lowest BCUT2D eigenvalue weighted by Gasteiger charge is -2.18. The summed E-state index contributed by atoms with van der Waals surface area (Å²) in [6.07, 6.45) is -7.57. The van der Waals surface area contributed by atoms with E-state index in [0.717, 1.165) is 24.3 Å². The molecule has 36 heavy (non-hydrogen) atoms. The molecule has 0 heterocycles. The first-order chi connectivity index (χ1) is 16.4. The minimum atomic E-state index is -4.90. The highest BCUT2D eigenvalue weighted by Crippen LogP contribution is 2.41. The zero-order valence-corrected chi connectivity index (χ0v) is 22.3. The second-order valence-corrected chi connectivity index (χ2v) is 11.6. The molecule has 0 aliphatic carbocycles. The SMILES string of the molecule is O=C(NCCS(=O)(=O)CC(F)(F)F)c1ccc(C=CC(c2cc(Cl)c(Cl)c(Cl)c2)C(F)(F)F)cc1Br. The van der Waals surface area contributed by atoms with Gasteiger partial charge in [-0.3, -0.25) is 4.79 Å². The summed E-state index contributed by atoms with van der Waals surface area (Å²) in [5.41, 5.74) is 0.0179. The summed E-state index contributed by atoms with van der Waals surface area (Å²) in [6, 6.07) is 6.02. The number of carbonyl (C=O) groups excluding carboxylic acids is 1. The van der Waals surface area contributed by atoms with Gasteiger partial charge in [-0.05, 0) is 51.3 Å². The minimum Gasteiger partial charge on any atom is -0.351 e. The number of alkyl halides is 6. The van der Waals surface area contributed by atoms with E-state index in [4.69, 9.17) is 34.8 Å². The molecule has 198 valence electrons. The standard InChI is InChI=1S/C21H15BrCl3F6NO3S/c22-15-7-11(1-3-13(15)19(33)32-5-6-36(34,35)10-20(26,27)28)2-4-14(21(29,30)31)12-8-16(23)18(25)17(24)9-12/h1-4,7-9,14H,5-6,10H2,(H,32,33). The number of hydrogen-bond acceptors (Lipinski definition) is 3. The molecule has 1 unspecified atom stereocenters. The van der Waals surface area contributed by atoms with E-state index in [1.807, 2.05) is 0 Å². The molecule has 2 rings (SSSR count). The summed E-state index contributed by atoms with van der Waals surface area (Å²) in [5, 5.41) is 1.81. The second kappa shape index (κ2) is 11.9. The molecule has 1 N–H and O–H groups in total. The highest BCUT2D eigenvalue weighted by atomic mass is 79.9. The molecule has 0 aromatic heterocycles. The quantitative estimate of drug-likeness (QED) is 0.236. The Bertz CT molecular complexity index is 1240. The van der Waals surface area contributed by atoms with Crippen LogP contribution < -0.4 is 5.32 Å². The number of nitrogens with one attached hydrogen (secondary N) is 1. The molecule has 0 fully saturated rings. The number of halogens is 10. The zero-order valence-electron chi connectivity index (χ0n) is 17.7. The molecule has 0 radical (unpaired) electrons. The number of sulfone groups is 1. The first-order valence-electron chi connectivity index (χ1n) is 9.64. The first-order valence-corrected chi connectivity index (χ1v) is 13.4. The molecule has 1 atom stereocenters. The maximum atomic E-state index is 13.7. The third kappa shape index (κ3) is 9.13. The van der Waals surface area contributed by atoms with Crippen LogP contribution in [0.2, 0.25) is 15.1 Å². The van der Waals surface area contributed by atoms with Crippen LogP contribution in [0.4, 0.5) is 26.3 Å². The summed E-state index contributed by atoms with van der Waals surface area (Å²) in [4.78, 5) is 12.3. The molecule has 2 aromatic rings. The molecule has 4 nitrogen and oxygen atoms in total. The van der Waals surface area contributed by atoms with E-state index in [1.54, 1.807) is 0 Å². The van der Waals surface area contributed by atoms with E-state index in [9.17, 15) is 39.6 Å². The molecule has 0 saturated heterocycles. The Kier molecular flexibility index (Phi) is 10.2. The Morgan fingerprint density at radius 3 is 2.11 bits per heavy atom. The van der Waals surface area contributed by atoms with Crippen molar-refractivity contribution in [1.82, 2.24) is 5.32 Å². The summed E-state index contributed by atoms with van der Waals surface area (Å²) in [5.74, 6) is -5.80. The molecule has 0 saturated carbocycles. The Labute approximate surface area is 225 Å². The van der Waals surface area contributed by atoms with Crippen molar-refractivity contribution >= 4 is 72.6 Å². The van der Waals surface area contributed by atoms with Crippen molar-refractivity contribution in [2.45, 2.75) is 18.3 Å². The van der Waals surface area contributed by atoms with Crippen LogP contribution in [0.1, 0.15) is 27.4 Å². The van der Waals surface area contributed by atoms with Gasteiger partial charge in [0.1, 0.15) is 5.75 Å². The van der Waals surface area contributed by atoms with Crippen LogP contribution in [0.15, 0.2) is 40.9 Å². The van der Waals surface area contributed by atoms with Crippen molar-refractivity contribution in [1.29, 1.82) is 0 Å². The van der Waals surface area contributed by atoms with Gasteiger partial charge in [0.2, 0.25) is 0 Å². The number of allylic oxidation sites excluding steroid dienone is 1. The zero-order chi connectivity index (χ0) is 27.5. The molecule has 0 bridgehead atoms. The van der Waals surface area contributed by atoms with Gasteiger partial charge in [0.05, 0.1) is 32.3 Å². The molecule has 1 amide bonds. The van der Waals surface area contributed by atoms with Crippen LogP contribution in [0.5, 0.6) is 0 Å². The van der Waals surface area contributed by atoms with Crippen molar-refractivity contribution in [3.05, 3.63) is 72.6 Å². The first kappa shape index (κ1) is 30.8. The van der Waals surface area contributed by atoms with Crippen LogP contribution >= 0.6 is 50.7 Å². The minimum absolute atomic E-state index is 0.0102. The highest BCUT2D eigenvalue weighted by molar-refractivity contribution is 9.10. The van der Waals surface area contributed by atoms with Gasteiger partial charge in [0.25, 0.3) is 5.91 Å². The average molecular weight is 662 g/mol. The Balaban J connectivity index is 2.16. The molecule has 0 aliphatic heterocycles.